The van der Waals surface area contributed by atoms with Crippen LogP contribution in [0, 0.1) is 5.82 Å². The number of halogens is 1. The molecule has 5 heteroatoms. The van der Waals surface area contributed by atoms with E-state index in [4.69, 9.17) is 5.73 Å². The van der Waals surface area contributed by atoms with Crippen molar-refractivity contribution in [2.45, 2.75) is 6.54 Å². The first-order chi connectivity index (χ1) is 10.0. The van der Waals surface area contributed by atoms with Crippen LogP contribution >= 0.6 is 0 Å². The second kappa shape index (κ2) is 6.85. The molecule has 0 bridgehead atoms. The average Bonchev–Trinajstić information content (AvgIpc) is 2.41. The number of hydrogen-bond donors (Lipinski definition) is 2. The number of amides is 1. The monoisotopic (exact) mass is 287 g/mol. The van der Waals surface area contributed by atoms with Gasteiger partial charge in [0.25, 0.3) is 0 Å². The fraction of sp³-hybridized carbons (Fsp3) is 0.188. The van der Waals surface area contributed by atoms with Gasteiger partial charge in [0.05, 0.1) is 12.2 Å². The molecule has 3 N–H and O–H groups in total. The summed E-state index contributed by atoms with van der Waals surface area (Å²) in [6.07, 6.45) is 0. The molecule has 0 aliphatic carbocycles. The number of rotatable bonds is 5. The number of nitrogens with zero attached hydrogens (tertiary/aromatic N) is 1. The summed E-state index contributed by atoms with van der Waals surface area (Å²) in [5.74, 6) is -0.698. The summed E-state index contributed by atoms with van der Waals surface area (Å²) >= 11 is 0. The second-order valence-electron chi connectivity index (χ2n) is 4.95. The van der Waals surface area contributed by atoms with Gasteiger partial charge in [0.1, 0.15) is 5.82 Å². The van der Waals surface area contributed by atoms with Crippen LogP contribution in [0.5, 0.6) is 0 Å². The number of likely N-dealkylation sites (N-methyl/N-ethyl adjacent to an activating group) is 1. The van der Waals surface area contributed by atoms with Gasteiger partial charge in [-0.2, -0.15) is 0 Å². The van der Waals surface area contributed by atoms with Gasteiger partial charge in [-0.05, 0) is 36.9 Å². The first kappa shape index (κ1) is 15.0. The fourth-order valence-corrected chi connectivity index (χ4v) is 2.06. The number of anilines is 2. The van der Waals surface area contributed by atoms with Crippen molar-refractivity contribution in [3.05, 3.63) is 59.9 Å². The van der Waals surface area contributed by atoms with Gasteiger partial charge in [0, 0.05) is 12.2 Å². The maximum absolute atomic E-state index is 13.4. The number of benzene rings is 2. The van der Waals surface area contributed by atoms with Crippen molar-refractivity contribution in [1.82, 2.24) is 4.90 Å². The Hall–Kier alpha value is -2.40. The summed E-state index contributed by atoms with van der Waals surface area (Å²) in [5.41, 5.74) is 7.62. The minimum Gasteiger partial charge on any atom is -0.399 e. The van der Waals surface area contributed by atoms with Gasteiger partial charge in [-0.3, -0.25) is 9.69 Å². The van der Waals surface area contributed by atoms with Crippen molar-refractivity contribution >= 4 is 17.3 Å². The highest BCUT2D eigenvalue weighted by molar-refractivity contribution is 5.92. The Balaban J connectivity index is 1.89. The summed E-state index contributed by atoms with van der Waals surface area (Å²) in [6, 6.07) is 13.6. The van der Waals surface area contributed by atoms with Gasteiger partial charge < -0.3 is 11.1 Å². The van der Waals surface area contributed by atoms with Crippen molar-refractivity contribution in [2.24, 2.45) is 0 Å². The second-order valence-corrected chi connectivity index (χ2v) is 4.95. The number of hydrogen-bond acceptors (Lipinski definition) is 3. The molecule has 110 valence electrons. The predicted molar refractivity (Wildman–Crippen MR) is 82.2 cm³/mol. The van der Waals surface area contributed by atoms with Crippen molar-refractivity contribution in [3.63, 3.8) is 0 Å². The van der Waals surface area contributed by atoms with Gasteiger partial charge in [-0.1, -0.05) is 24.3 Å². The van der Waals surface area contributed by atoms with Crippen LogP contribution in [0.3, 0.4) is 0 Å². The molecule has 0 unspecified atom stereocenters. The Morgan fingerprint density at radius 2 is 2.00 bits per heavy atom. The summed E-state index contributed by atoms with van der Waals surface area (Å²) in [6.45, 7) is 0.763. The van der Waals surface area contributed by atoms with E-state index >= 15 is 0 Å². The molecule has 21 heavy (non-hydrogen) atoms. The van der Waals surface area contributed by atoms with Gasteiger partial charge in [0.15, 0.2) is 0 Å². The third kappa shape index (κ3) is 4.57. The molecule has 1 amide bonds. The zero-order valence-corrected chi connectivity index (χ0v) is 11.8. The quantitative estimate of drug-likeness (QED) is 0.831. The molecule has 2 rings (SSSR count). The van der Waals surface area contributed by atoms with Crippen LogP contribution in [0.1, 0.15) is 5.56 Å². The number of nitrogens with one attached hydrogen (secondary N) is 1. The smallest absolute Gasteiger partial charge is 0.238 e. The zero-order chi connectivity index (χ0) is 15.2. The van der Waals surface area contributed by atoms with E-state index < -0.39 is 5.82 Å². The lowest BCUT2D eigenvalue weighted by Crippen LogP contribution is -2.30. The summed E-state index contributed by atoms with van der Waals surface area (Å²) in [5, 5.41) is 2.56. The van der Waals surface area contributed by atoms with Crippen LogP contribution in [0.25, 0.3) is 0 Å². The maximum Gasteiger partial charge on any atom is 0.238 e. The standard InChI is InChI=1S/C16H18FN3O/c1-20(10-12-5-4-6-13(18)9-12)11-16(21)19-15-8-3-2-7-14(15)17/h2-9H,10-11,18H2,1H3,(H,19,21). The average molecular weight is 287 g/mol. The van der Waals surface area contributed by atoms with Crippen LogP contribution in [0.2, 0.25) is 0 Å². The lowest BCUT2D eigenvalue weighted by molar-refractivity contribution is -0.117. The molecule has 0 saturated heterocycles. The van der Waals surface area contributed by atoms with Crippen LogP contribution in [0.15, 0.2) is 48.5 Å². The highest BCUT2D eigenvalue weighted by Crippen LogP contribution is 2.12. The summed E-state index contributed by atoms with van der Waals surface area (Å²) in [4.78, 5) is 13.7. The van der Waals surface area contributed by atoms with Gasteiger partial charge >= 0.3 is 0 Å². The lowest BCUT2D eigenvalue weighted by atomic mass is 10.2. The fourth-order valence-electron chi connectivity index (χ4n) is 2.06. The molecular formula is C16H18FN3O. The van der Waals surface area contributed by atoms with Crippen LogP contribution in [-0.2, 0) is 11.3 Å². The van der Waals surface area contributed by atoms with Gasteiger partial charge in [0.2, 0.25) is 5.91 Å². The van der Waals surface area contributed by atoms with Gasteiger partial charge in [-0.25, -0.2) is 4.39 Å². The van der Waals surface area contributed by atoms with Crippen molar-refractivity contribution in [1.29, 1.82) is 0 Å². The number of nitrogen functional groups attached to an aromatic ring is 1. The van der Waals surface area contributed by atoms with Crippen LogP contribution in [-0.4, -0.2) is 24.4 Å². The van der Waals surface area contributed by atoms with E-state index in [1.165, 1.54) is 12.1 Å². The lowest BCUT2D eigenvalue weighted by Gasteiger charge is -2.16. The summed E-state index contributed by atoms with van der Waals surface area (Å²) in [7, 11) is 1.82. The molecular weight excluding hydrogens is 269 g/mol. The molecule has 0 saturated carbocycles. The van der Waals surface area contributed by atoms with Crippen molar-refractivity contribution in [3.8, 4) is 0 Å². The SMILES string of the molecule is CN(CC(=O)Nc1ccccc1F)Cc1cccc(N)c1. The van der Waals surface area contributed by atoms with E-state index in [9.17, 15) is 9.18 Å². The van der Waals surface area contributed by atoms with E-state index in [-0.39, 0.29) is 18.1 Å². The third-order valence-corrected chi connectivity index (χ3v) is 2.96. The molecule has 2 aromatic rings. The first-order valence-electron chi connectivity index (χ1n) is 6.62. The molecule has 2 aromatic carbocycles. The Morgan fingerprint density at radius 3 is 2.71 bits per heavy atom. The molecule has 0 aromatic heterocycles. The van der Waals surface area contributed by atoms with Crippen molar-refractivity contribution in [2.75, 3.05) is 24.6 Å². The highest BCUT2D eigenvalue weighted by atomic mass is 19.1. The molecule has 0 atom stereocenters. The summed E-state index contributed by atoms with van der Waals surface area (Å²) < 4.78 is 13.4. The highest BCUT2D eigenvalue weighted by Gasteiger charge is 2.09. The molecule has 0 radical (unpaired) electrons. The Morgan fingerprint density at radius 1 is 1.24 bits per heavy atom. The minimum atomic E-state index is -0.440. The molecule has 0 heterocycles. The van der Waals surface area contributed by atoms with E-state index in [1.54, 1.807) is 12.1 Å². The topological polar surface area (TPSA) is 58.4 Å². The third-order valence-electron chi connectivity index (χ3n) is 2.96. The number of carbonyl (C=O) groups is 1. The molecule has 0 fully saturated rings. The Kier molecular flexibility index (Phi) is 4.90. The van der Waals surface area contributed by atoms with Crippen molar-refractivity contribution < 1.29 is 9.18 Å². The Labute approximate surface area is 123 Å². The molecule has 0 aliphatic heterocycles. The minimum absolute atomic E-state index is 0.170. The normalized spacial score (nSPS) is 10.6. The van der Waals surface area contributed by atoms with E-state index in [0.29, 0.717) is 12.2 Å². The number of nitrogens with two attached hydrogens (primary N) is 1. The molecule has 0 spiro atoms. The zero-order valence-electron chi connectivity index (χ0n) is 11.8. The molecule has 0 aliphatic rings. The van der Waals surface area contributed by atoms with Crippen LogP contribution in [0.4, 0.5) is 15.8 Å². The van der Waals surface area contributed by atoms with Gasteiger partial charge in [-0.15, -0.1) is 0 Å². The first-order valence-corrected chi connectivity index (χ1v) is 6.62. The predicted octanol–water partition coefficient (Wildman–Crippen LogP) is 2.48. The number of carbonyl (C=O) groups excluding carboxylic acids is 1. The van der Waals surface area contributed by atoms with E-state index in [1.807, 2.05) is 36.2 Å². The largest absolute Gasteiger partial charge is 0.399 e. The van der Waals surface area contributed by atoms with E-state index in [0.717, 1.165) is 5.56 Å². The van der Waals surface area contributed by atoms with Crippen LogP contribution < -0.4 is 11.1 Å². The maximum atomic E-state index is 13.4. The number of para-hydroxylation sites is 1. The molecule has 4 nitrogen and oxygen atoms in total. The van der Waals surface area contributed by atoms with E-state index in [2.05, 4.69) is 5.32 Å². The Bertz CT molecular complexity index is 630.